The van der Waals surface area contributed by atoms with Crippen LogP contribution in [0.4, 0.5) is 5.69 Å². The minimum atomic E-state index is -0.0338. The molecule has 0 saturated carbocycles. The number of hydrogen-bond donors (Lipinski definition) is 1. The number of para-hydroxylation sites is 2. The van der Waals surface area contributed by atoms with E-state index in [1.807, 2.05) is 23.1 Å². The van der Waals surface area contributed by atoms with Crippen LogP contribution in [0.1, 0.15) is 34.7 Å². The minimum Gasteiger partial charge on any atom is -0.355 e. The van der Waals surface area contributed by atoms with Crippen LogP contribution in [0.5, 0.6) is 0 Å². The van der Waals surface area contributed by atoms with E-state index in [1.54, 1.807) is 0 Å². The Labute approximate surface area is 140 Å². The van der Waals surface area contributed by atoms with Crippen molar-refractivity contribution in [3.05, 3.63) is 65.4 Å². The maximum atomic E-state index is 13.0. The van der Waals surface area contributed by atoms with Gasteiger partial charge in [-0.3, -0.25) is 4.79 Å². The van der Waals surface area contributed by atoms with Gasteiger partial charge in [0.1, 0.15) is 6.17 Å². The number of hydrogen-bond acceptors (Lipinski definition) is 2. The monoisotopic (exact) mass is 317 g/mol. The van der Waals surface area contributed by atoms with Gasteiger partial charge in [0.2, 0.25) is 0 Å². The van der Waals surface area contributed by atoms with E-state index in [4.69, 9.17) is 0 Å². The highest BCUT2D eigenvalue weighted by Gasteiger charge is 2.42. The Kier molecular flexibility index (Phi) is 2.77. The van der Waals surface area contributed by atoms with Crippen LogP contribution in [0.25, 0.3) is 10.9 Å². The second-order valence-electron chi connectivity index (χ2n) is 6.49. The van der Waals surface area contributed by atoms with Crippen molar-refractivity contribution in [1.29, 1.82) is 0 Å². The summed E-state index contributed by atoms with van der Waals surface area (Å²) >= 11 is 0. The summed E-state index contributed by atoms with van der Waals surface area (Å²) in [5, 5.41) is 1.29. The van der Waals surface area contributed by atoms with Crippen LogP contribution in [0.15, 0.2) is 48.5 Å². The molecule has 4 heteroatoms. The van der Waals surface area contributed by atoms with Gasteiger partial charge in [-0.2, -0.15) is 0 Å². The molecule has 24 heavy (non-hydrogen) atoms. The quantitative estimate of drug-likeness (QED) is 0.743. The predicted molar refractivity (Wildman–Crippen MR) is 95.2 cm³/mol. The van der Waals surface area contributed by atoms with Crippen molar-refractivity contribution < 1.29 is 4.79 Å². The second kappa shape index (κ2) is 4.87. The summed E-state index contributed by atoms with van der Waals surface area (Å²) in [5.74, 6) is 0.143. The van der Waals surface area contributed by atoms with E-state index in [9.17, 15) is 4.79 Å². The van der Waals surface area contributed by atoms with Crippen LogP contribution in [-0.4, -0.2) is 28.9 Å². The average Bonchev–Trinajstić information content (AvgIpc) is 3.01. The van der Waals surface area contributed by atoms with Crippen LogP contribution < -0.4 is 4.90 Å². The normalized spacial score (nSPS) is 19.2. The van der Waals surface area contributed by atoms with Gasteiger partial charge in [0.25, 0.3) is 5.91 Å². The number of carbonyl (C=O) groups excluding carboxylic acids is 1. The largest absolute Gasteiger partial charge is 0.355 e. The summed E-state index contributed by atoms with van der Waals surface area (Å²) in [6.07, 6.45) is 0.870. The van der Waals surface area contributed by atoms with E-state index in [0.29, 0.717) is 0 Å². The van der Waals surface area contributed by atoms with Gasteiger partial charge in [-0.05, 0) is 37.1 Å². The van der Waals surface area contributed by atoms with E-state index in [-0.39, 0.29) is 12.1 Å². The highest BCUT2D eigenvalue weighted by Crippen LogP contribution is 2.43. The average molecular weight is 317 g/mol. The number of fused-ring (bicyclic) bond motifs is 6. The molecule has 2 aromatic carbocycles. The molecule has 3 aromatic rings. The lowest BCUT2D eigenvalue weighted by Crippen LogP contribution is -2.52. The van der Waals surface area contributed by atoms with Crippen molar-refractivity contribution in [2.75, 3.05) is 18.0 Å². The molecule has 1 amide bonds. The molecule has 1 N–H and O–H groups in total. The molecule has 0 spiro atoms. The fourth-order valence-electron chi connectivity index (χ4n) is 4.29. The van der Waals surface area contributed by atoms with E-state index in [1.165, 1.54) is 16.6 Å². The van der Waals surface area contributed by atoms with Gasteiger partial charge in [-0.15, -0.1) is 0 Å². The number of nitrogens with one attached hydrogen (secondary N) is 1. The molecule has 0 saturated heterocycles. The standard InChI is InChI=1S/C20H19N3O/c1-2-22-17-10-6-4-8-15(17)20(24)23-12-11-14-13-7-3-5-9-16(13)21-18(14)19(22)23/h3-10,19,21H,2,11-12H2,1H3. The van der Waals surface area contributed by atoms with Crippen LogP contribution in [-0.2, 0) is 6.42 Å². The number of aromatic amines is 1. The van der Waals surface area contributed by atoms with Gasteiger partial charge in [0, 0.05) is 24.0 Å². The molecular weight excluding hydrogens is 298 g/mol. The van der Waals surface area contributed by atoms with Crippen molar-refractivity contribution in [3.63, 3.8) is 0 Å². The number of benzene rings is 2. The number of H-pyrrole nitrogens is 1. The topological polar surface area (TPSA) is 39.3 Å². The zero-order chi connectivity index (χ0) is 16.3. The Morgan fingerprint density at radius 2 is 1.92 bits per heavy atom. The van der Waals surface area contributed by atoms with E-state index in [2.05, 4.69) is 47.1 Å². The lowest BCUT2D eigenvalue weighted by atomic mass is 9.95. The second-order valence-corrected chi connectivity index (χ2v) is 6.49. The molecule has 0 radical (unpaired) electrons. The van der Waals surface area contributed by atoms with Crippen LogP contribution in [0.2, 0.25) is 0 Å². The number of anilines is 1. The first-order valence-corrected chi connectivity index (χ1v) is 8.55. The van der Waals surface area contributed by atoms with Crippen molar-refractivity contribution in [2.45, 2.75) is 19.5 Å². The van der Waals surface area contributed by atoms with Crippen molar-refractivity contribution in [2.24, 2.45) is 0 Å². The van der Waals surface area contributed by atoms with Crippen molar-refractivity contribution in [3.8, 4) is 0 Å². The summed E-state index contributed by atoms with van der Waals surface area (Å²) in [4.78, 5) is 21.0. The van der Waals surface area contributed by atoms with E-state index < -0.39 is 0 Å². The van der Waals surface area contributed by atoms with Gasteiger partial charge in [0.05, 0.1) is 16.9 Å². The van der Waals surface area contributed by atoms with Crippen LogP contribution >= 0.6 is 0 Å². The Balaban J connectivity index is 1.76. The number of nitrogens with zero attached hydrogens (tertiary/aromatic N) is 2. The maximum absolute atomic E-state index is 13.0. The molecule has 4 nitrogen and oxygen atoms in total. The molecule has 1 atom stereocenters. The first-order chi connectivity index (χ1) is 11.8. The third-order valence-electron chi connectivity index (χ3n) is 5.34. The Morgan fingerprint density at radius 3 is 2.79 bits per heavy atom. The molecule has 0 bridgehead atoms. The smallest absolute Gasteiger partial charge is 0.257 e. The highest BCUT2D eigenvalue weighted by molar-refractivity contribution is 6.02. The SMILES string of the molecule is CCN1c2ccccc2C(=O)N2CCc3c([nH]c4ccccc34)C21. The summed E-state index contributed by atoms with van der Waals surface area (Å²) in [5.41, 5.74) is 5.55. The summed E-state index contributed by atoms with van der Waals surface area (Å²) in [6, 6.07) is 16.4. The lowest BCUT2D eigenvalue weighted by molar-refractivity contribution is 0.0629. The Bertz CT molecular complexity index is 958. The fraction of sp³-hybridized carbons (Fsp3) is 0.250. The first-order valence-electron chi connectivity index (χ1n) is 8.55. The zero-order valence-corrected chi connectivity index (χ0v) is 13.6. The summed E-state index contributed by atoms with van der Waals surface area (Å²) < 4.78 is 0. The summed E-state index contributed by atoms with van der Waals surface area (Å²) in [6.45, 7) is 3.78. The number of amides is 1. The van der Waals surface area contributed by atoms with Gasteiger partial charge in [0.15, 0.2) is 0 Å². The fourth-order valence-corrected chi connectivity index (χ4v) is 4.29. The molecule has 1 aromatic heterocycles. The van der Waals surface area contributed by atoms with Gasteiger partial charge < -0.3 is 14.8 Å². The molecule has 3 heterocycles. The Morgan fingerprint density at radius 1 is 1.12 bits per heavy atom. The molecule has 0 fully saturated rings. The van der Waals surface area contributed by atoms with Gasteiger partial charge >= 0.3 is 0 Å². The highest BCUT2D eigenvalue weighted by atomic mass is 16.2. The first kappa shape index (κ1) is 13.7. The minimum absolute atomic E-state index is 0.0338. The molecule has 120 valence electrons. The van der Waals surface area contributed by atoms with Crippen molar-refractivity contribution in [1.82, 2.24) is 9.88 Å². The van der Waals surface area contributed by atoms with E-state index >= 15 is 0 Å². The molecule has 0 aliphatic carbocycles. The third-order valence-corrected chi connectivity index (χ3v) is 5.34. The zero-order valence-electron chi connectivity index (χ0n) is 13.6. The molecular formula is C20H19N3O. The molecule has 2 aliphatic rings. The number of carbonyl (C=O) groups is 1. The van der Waals surface area contributed by atoms with Crippen LogP contribution in [0.3, 0.4) is 0 Å². The number of aromatic nitrogens is 1. The third kappa shape index (κ3) is 1.65. The van der Waals surface area contributed by atoms with E-state index in [0.717, 1.165) is 36.3 Å². The van der Waals surface area contributed by atoms with Crippen LogP contribution in [0, 0.1) is 0 Å². The Hall–Kier alpha value is -2.75. The molecule has 1 unspecified atom stereocenters. The maximum Gasteiger partial charge on any atom is 0.257 e. The lowest BCUT2D eigenvalue weighted by Gasteiger charge is -2.47. The molecule has 2 aliphatic heterocycles. The molecule has 5 rings (SSSR count). The predicted octanol–water partition coefficient (Wildman–Crippen LogP) is 3.70. The van der Waals surface area contributed by atoms with Gasteiger partial charge in [-0.25, -0.2) is 0 Å². The number of rotatable bonds is 1. The van der Waals surface area contributed by atoms with Gasteiger partial charge in [-0.1, -0.05) is 30.3 Å². The van der Waals surface area contributed by atoms with Crippen molar-refractivity contribution >= 4 is 22.5 Å². The summed E-state index contributed by atoms with van der Waals surface area (Å²) in [7, 11) is 0.